The highest BCUT2D eigenvalue weighted by atomic mass is 19.1. The number of nitrogens with zero attached hydrogens (tertiary/aromatic N) is 2. The average molecular weight is 429 g/mol. The van der Waals surface area contributed by atoms with Crippen LogP contribution in [0.4, 0.5) is 13.2 Å². The van der Waals surface area contributed by atoms with E-state index in [1.807, 2.05) is 0 Å². The number of hydrogen-bond acceptors (Lipinski definition) is 5. The highest BCUT2D eigenvalue weighted by molar-refractivity contribution is 5.99. The first-order valence-corrected chi connectivity index (χ1v) is 9.58. The van der Waals surface area contributed by atoms with Crippen molar-refractivity contribution in [1.82, 2.24) is 9.97 Å². The highest BCUT2D eigenvalue weighted by Gasteiger charge is 2.41. The number of carbonyl (C=O) groups is 1. The molecule has 0 bridgehead atoms. The molecule has 0 aliphatic carbocycles. The lowest BCUT2D eigenvalue weighted by molar-refractivity contribution is -0.234. The molecule has 1 atom stereocenters. The van der Waals surface area contributed by atoms with E-state index in [1.54, 1.807) is 0 Å². The molecule has 1 saturated heterocycles. The van der Waals surface area contributed by atoms with Gasteiger partial charge in [-0.1, -0.05) is 12.1 Å². The Bertz CT molecular complexity index is 1130. The fourth-order valence-electron chi connectivity index (χ4n) is 3.77. The Labute approximate surface area is 175 Å². The molecule has 2 aromatic heterocycles. The smallest absolute Gasteiger partial charge is 0.267 e. The number of benzene rings is 1. The van der Waals surface area contributed by atoms with Gasteiger partial charge < -0.3 is 15.6 Å². The average Bonchev–Trinajstić information content (AvgIpc) is 2.75. The third-order valence-electron chi connectivity index (χ3n) is 5.16. The Balaban J connectivity index is 2.13. The number of pyridine rings is 2. The lowest BCUT2D eigenvalue weighted by Crippen LogP contribution is -2.36. The fraction of sp³-hybridized carbons (Fsp3) is 0.227. The maximum Gasteiger partial charge on any atom is 0.267 e. The lowest BCUT2D eigenvalue weighted by atomic mass is 9.87. The van der Waals surface area contributed by atoms with Crippen LogP contribution in [0.3, 0.4) is 0 Å². The summed E-state index contributed by atoms with van der Waals surface area (Å²) in [6, 6.07) is 6.05. The molecule has 0 spiro atoms. The molecule has 1 aliphatic heterocycles. The molecule has 0 radical (unpaired) electrons. The molecule has 1 aliphatic rings. The Morgan fingerprint density at radius 1 is 1.10 bits per heavy atom. The number of hydrogen-bond donors (Lipinski definition) is 2. The molecule has 9 heteroatoms. The third kappa shape index (κ3) is 3.66. The number of ether oxygens (including phenoxy) is 1. The molecule has 1 unspecified atom stereocenters. The Kier molecular flexibility index (Phi) is 5.47. The number of nitrogens with two attached hydrogens (primary N) is 1. The lowest BCUT2D eigenvalue weighted by Gasteiger charge is -2.35. The minimum atomic E-state index is -2.16. The molecule has 0 saturated carbocycles. The molecular weight excluding hydrogens is 411 g/mol. The van der Waals surface area contributed by atoms with Crippen LogP contribution in [-0.2, 0) is 10.5 Å². The van der Waals surface area contributed by atoms with Gasteiger partial charge in [0.1, 0.15) is 23.0 Å². The van der Waals surface area contributed by atoms with Gasteiger partial charge in [-0.2, -0.15) is 0 Å². The van der Waals surface area contributed by atoms with Crippen molar-refractivity contribution in [2.75, 3.05) is 6.61 Å². The van der Waals surface area contributed by atoms with E-state index in [4.69, 9.17) is 10.5 Å². The van der Waals surface area contributed by atoms with Gasteiger partial charge in [0.15, 0.2) is 11.6 Å². The van der Waals surface area contributed by atoms with Gasteiger partial charge in [0.05, 0.1) is 17.7 Å². The molecule has 1 aromatic carbocycles. The van der Waals surface area contributed by atoms with Crippen LogP contribution in [-0.4, -0.2) is 27.6 Å². The van der Waals surface area contributed by atoms with Crippen LogP contribution in [0.25, 0.3) is 22.4 Å². The van der Waals surface area contributed by atoms with Gasteiger partial charge in [-0.3, -0.25) is 9.78 Å². The number of halogens is 3. The second kappa shape index (κ2) is 8.09. The largest absolute Gasteiger partial charge is 0.364 e. The normalized spacial score (nSPS) is 18.7. The van der Waals surface area contributed by atoms with Gasteiger partial charge in [0.2, 0.25) is 0 Å². The quantitative estimate of drug-likeness (QED) is 0.660. The Morgan fingerprint density at radius 2 is 1.84 bits per heavy atom. The van der Waals surface area contributed by atoms with Gasteiger partial charge in [0, 0.05) is 29.9 Å². The number of rotatable bonds is 4. The first-order chi connectivity index (χ1) is 14.8. The molecule has 6 nitrogen and oxygen atoms in total. The molecule has 3 heterocycles. The molecule has 1 fully saturated rings. The maximum atomic E-state index is 15.9. The van der Waals surface area contributed by atoms with E-state index in [1.165, 1.54) is 24.5 Å². The zero-order valence-corrected chi connectivity index (χ0v) is 16.2. The molecule has 1 amide bonds. The monoisotopic (exact) mass is 429 g/mol. The van der Waals surface area contributed by atoms with E-state index in [0.717, 1.165) is 18.2 Å². The van der Waals surface area contributed by atoms with Crippen LogP contribution in [0.15, 0.2) is 42.7 Å². The van der Waals surface area contributed by atoms with E-state index < -0.39 is 51.7 Å². The summed E-state index contributed by atoms with van der Waals surface area (Å²) >= 11 is 0. The third-order valence-corrected chi connectivity index (χ3v) is 5.16. The Morgan fingerprint density at radius 3 is 2.42 bits per heavy atom. The van der Waals surface area contributed by atoms with Crippen molar-refractivity contribution < 1.29 is 27.8 Å². The summed E-state index contributed by atoms with van der Waals surface area (Å²) in [6.45, 7) is 0.125. The topological polar surface area (TPSA) is 98.3 Å². The van der Waals surface area contributed by atoms with E-state index >= 15 is 4.39 Å². The number of aromatic nitrogens is 2. The van der Waals surface area contributed by atoms with Gasteiger partial charge >= 0.3 is 0 Å². The first-order valence-electron chi connectivity index (χ1n) is 9.58. The molecule has 160 valence electrons. The maximum absolute atomic E-state index is 15.9. The number of carbonyl (C=O) groups excluding carboxylic acids is 1. The summed E-state index contributed by atoms with van der Waals surface area (Å²) in [7, 11) is 0. The number of aliphatic hydroxyl groups is 1. The van der Waals surface area contributed by atoms with E-state index in [-0.39, 0.29) is 24.2 Å². The second-order valence-corrected chi connectivity index (χ2v) is 7.17. The molecular formula is C22H18F3N3O3. The van der Waals surface area contributed by atoms with Crippen LogP contribution in [0.2, 0.25) is 0 Å². The molecule has 3 N–H and O–H groups in total. The SMILES string of the molecule is NC(=O)c1nc(-c2c(F)cccc2F)c(F)c(C2(O)CCCCO2)c1-c1cccnc1. The number of amides is 1. The first kappa shape index (κ1) is 21.0. The standard InChI is InChI=1S/C22H18F3N3O3/c23-13-6-3-7-14(24)16(13)19-18(25)17(22(30)8-1-2-10-31-22)15(20(28-19)21(26)29)12-5-4-9-27-11-12/h3-7,9,11,30H,1-2,8,10H2,(H2,26,29). The van der Waals surface area contributed by atoms with Crippen LogP contribution >= 0.6 is 0 Å². The van der Waals surface area contributed by atoms with Gasteiger partial charge in [0.25, 0.3) is 5.91 Å². The summed E-state index contributed by atoms with van der Waals surface area (Å²) in [6.07, 6.45) is 3.93. The van der Waals surface area contributed by atoms with Crippen molar-refractivity contribution in [3.63, 3.8) is 0 Å². The Hall–Kier alpha value is -3.30. The van der Waals surface area contributed by atoms with Crippen molar-refractivity contribution in [1.29, 1.82) is 0 Å². The second-order valence-electron chi connectivity index (χ2n) is 7.17. The van der Waals surface area contributed by atoms with Crippen molar-refractivity contribution in [2.45, 2.75) is 25.0 Å². The van der Waals surface area contributed by atoms with Crippen LogP contribution < -0.4 is 5.73 Å². The predicted octanol–water partition coefficient (Wildman–Crippen LogP) is 3.67. The van der Waals surface area contributed by atoms with Crippen molar-refractivity contribution >= 4 is 5.91 Å². The van der Waals surface area contributed by atoms with E-state index in [2.05, 4.69) is 9.97 Å². The summed E-state index contributed by atoms with van der Waals surface area (Å²) < 4.78 is 50.4. The predicted molar refractivity (Wildman–Crippen MR) is 105 cm³/mol. The van der Waals surface area contributed by atoms with Crippen LogP contribution in [0.1, 0.15) is 35.3 Å². The van der Waals surface area contributed by atoms with Crippen LogP contribution in [0.5, 0.6) is 0 Å². The van der Waals surface area contributed by atoms with Crippen molar-refractivity contribution in [3.8, 4) is 22.4 Å². The summed E-state index contributed by atoms with van der Waals surface area (Å²) in [5.74, 6) is -6.61. The summed E-state index contributed by atoms with van der Waals surface area (Å²) in [4.78, 5) is 20.2. The van der Waals surface area contributed by atoms with Crippen molar-refractivity contribution in [2.24, 2.45) is 5.73 Å². The number of primary amides is 1. The van der Waals surface area contributed by atoms with Crippen molar-refractivity contribution in [3.05, 3.63) is 71.4 Å². The van der Waals surface area contributed by atoms with Gasteiger partial charge in [-0.25, -0.2) is 18.2 Å². The minimum Gasteiger partial charge on any atom is -0.364 e. The molecule has 3 aromatic rings. The summed E-state index contributed by atoms with van der Waals surface area (Å²) in [5, 5.41) is 11.2. The molecule has 31 heavy (non-hydrogen) atoms. The fourth-order valence-corrected chi connectivity index (χ4v) is 3.77. The minimum absolute atomic E-state index is 0.00140. The van der Waals surface area contributed by atoms with E-state index in [9.17, 15) is 18.7 Å². The van der Waals surface area contributed by atoms with Gasteiger partial charge in [-0.15, -0.1) is 0 Å². The van der Waals surface area contributed by atoms with Gasteiger partial charge in [-0.05, 0) is 31.0 Å². The summed E-state index contributed by atoms with van der Waals surface area (Å²) in [5.41, 5.74) is 3.13. The van der Waals surface area contributed by atoms with E-state index in [0.29, 0.717) is 12.8 Å². The zero-order valence-electron chi connectivity index (χ0n) is 16.2. The van der Waals surface area contributed by atoms with Crippen LogP contribution in [0, 0.1) is 17.5 Å². The molecule has 4 rings (SSSR count). The highest BCUT2D eigenvalue weighted by Crippen LogP contribution is 2.44. The zero-order chi connectivity index (χ0) is 22.2.